The summed E-state index contributed by atoms with van der Waals surface area (Å²) in [6.07, 6.45) is 1.13. The van der Waals surface area contributed by atoms with Crippen LogP contribution in [0.25, 0.3) is 0 Å². The van der Waals surface area contributed by atoms with Crippen LogP contribution < -0.4 is 10.6 Å². The standard InChI is InChI=1S/C12H21F3N2O/c1-2-9-3-5-10(6-4-9)16-7-11(18)17-8-12(13,14)15/h9-10,16H,2-8H2,1H3,(H,17,18). The second-order valence-electron chi connectivity index (χ2n) is 4.90. The Labute approximate surface area is 106 Å². The van der Waals surface area contributed by atoms with Gasteiger partial charge in [-0.1, -0.05) is 13.3 Å². The molecule has 1 fully saturated rings. The normalized spacial score (nSPS) is 24.9. The van der Waals surface area contributed by atoms with E-state index in [1.54, 1.807) is 0 Å². The molecular formula is C12H21F3N2O. The van der Waals surface area contributed by atoms with Gasteiger partial charge >= 0.3 is 6.18 Å². The zero-order valence-corrected chi connectivity index (χ0v) is 10.6. The van der Waals surface area contributed by atoms with Crippen molar-refractivity contribution in [2.75, 3.05) is 13.1 Å². The summed E-state index contributed by atoms with van der Waals surface area (Å²) in [7, 11) is 0. The third kappa shape index (κ3) is 6.23. The van der Waals surface area contributed by atoms with Crippen LogP contribution in [0.15, 0.2) is 0 Å². The molecule has 0 aromatic heterocycles. The molecule has 1 amide bonds. The van der Waals surface area contributed by atoms with E-state index in [4.69, 9.17) is 0 Å². The Morgan fingerprint density at radius 2 is 1.83 bits per heavy atom. The first-order valence-electron chi connectivity index (χ1n) is 6.47. The second kappa shape index (κ2) is 6.97. The van der Waals surface area contributed by atoms with Crippen molar-refractivity contribution in [1.29, 1.82) is 0 Å². The van der Waals surface area contributed by atoms with Crippen molar-refractivity contribution >= 4 is 5.91 Å². The van der Waals surface area contributed by atoms with Gasteiger partial charge in [-0.3, -0.25) is 4.79 Å². The van der Waals surface area contributed by atoms with Gasteiger partial charge in [-0.05, 0) is 31.6 Å². The molecule has 0 radical (unpaired) electrons. The van der Waals surface area contributed by atoms with Gasteiger partial charge in [0.2, 0.25) is 5.91 Å². The van der Waals surface area contributed by atoms with Crippen molar-refractivity contribution in [3.05, 3.63) is 0 Å². The van der Waals surface area contributed by atoms with Gasteiger partial charge in [0.25, 0.3) is 0 Å². The van der Waals surface area contributed by atoms with E-state index in [-0.39, 0.29) is 12.6 Å². The Kier molecular flexibility index (Phi) is 5.91. The Morgan fingerprint density at radius 3 is 2.33 bits per heavy atom. The van der Waals surface area contributed by atoms with Crippen molar-refractivity contribution in [3.8, 4) is 0 Å². The minimum Gasteiger partial charge on any atom is -0.346 e. The summed E-state index contributed by atoms with van der Waals surface area (Å²) >= 11 is 0. The zero-order valence-electron chi connectivity index (χ0n) is 10.6. The van der Waals surface area contributed by atoms with E-state index in [2.05, 4.69) is 12.2 Å². The number of hydrogen-bond acceptors (Lipinski definition) is 2. The van der Waals surface area contributed by atoms with Gasteiger partial charge in [0.15, 0.2) is 0 Å². The summed E-state index contributed by atoms with van der Waals surface area (Å²) in [6, 6.07) is 0.268. The molecule has 1 aliphatic carbocycles. The molecule has 1 saturated carbocycles. The van der Waals surface area contributed by atoms with Crippen LogP contribution in [0.4, 0.5) is 13.2 Å². The van der Waals surface area contributed by atoms with Crippen molar-refractivity contribution in [2.24, 2.45) is 5.92 Å². The maximum Gasteiger partial charge on any atom is 0.405 e. The van der Waals surface area contributed by atoms with Crippen LogP contribution in [0.3, 0.4) is 0 Å². The average Bonchev–Trinajstić information content (AvgIpc) is 2.33. The van der Waals surface area contributed by atoms with Crippen LogP contribution in [-0.4, -0.2) is 31.2 Å². The average molecular weight is 266 g/mol. The highest BCUT2D eigenvalue weighted by atomic mass is 19.4. The molecule has 0 spiro atoms. The highest BCUT2D eigenvalue weighted by Gasteiger charge is 2.27. The number of alkyl halides is 3. The number of rotatable bonds is 5. The first kappa shape index (κ1) is 15.3. The quantitative estimate of drug-likeness (QED) is 0.801. The number of carbonyl (C=O) groups is 1. The summed E-state index contributed by atoms with van der Waals surface area (Å²) < 4.78 is 35.6. The summed E-state index contributed by atoms with van der Waals surface area (Å²) in [5, 5.41) is 4.88. The van der Waals surface area contributed by atoms with E-state index in [0.717, 1.165) is 31.6 Å². The SMILES string of the molecule is CCC1CCC(NCC(=O)NCC(F)(F)F)CC1. The van der Waals surface area contributed by atoms with Crippen molar-refractivity contribution in [3.63, 3.8) is 0 Å². The van der Waals surface area contributed by atoms with Crippen molar-refractivity contribution in [2.45, 2.75) is 51.2 Å². The van der Waals surface area contributed by atoms with Crippen molar-refractivity contribution < 1.29 is 18.0 Å². The minimum atomic E-state index is -4.34. The van der Waals surface area contributed by atoms with Gasteiger partial charge in [0.05, 0.1) is 6.54 Å². The van der Waals surface area contributed by atoms with Gasteiger partial charge in [-0.15, -0.1) is 0 Å². The molecular weight excluding hydrogens is 245 g/mol. The van der Waals surface area contributed by atoms with Crippen LogP contribution >= 0.6 is 0 Å². The lowest BCUT2D eigenvalue weighted by Gasteiger charge is -2.28. The lowest BCUT2D eigenvalue weighted by molar-refractivity contribution is -0.138. The van der Waals surface area contributed by atoms with Crippen LogP contribution in [0, 0.1) is 5.92 Å². The van der Waals surface area contributed by atoms with E-state index in [1.807, 2.05) is 5.32 Å². The molecule has 0 aliphatic heterocycles. The van der Waals surface area contributed by atoms with Crippen LogP contribution in [0.2, 0.25) is 0 Å². The number of nitrogens with one attached hydrogen (secondary N) is 2. The van der Waals surface area contributed by atoms with E-state index in [0.29, 0.717) is 0 Å². The van der Waals surface area contributed by atoms with Gasteiger partial charge in [0.1, 0.15) is 6.54 Å². The molecule has 0 unspecified atom stereocenters. The van der Waals surface area contributed by atoms with Crippen molar-refractivity contribution in [1.82, 2.24) is 10.6 Å². The number of hydrogen-bond donors (Lipinski definition) is 2. The molecule has 18 heavy (non-hydrogen) atoms. The lowest BCUT2D eigenvalue weighted by atomic mass is 9.84. The fourth-order valence-corrected chi connectivity index (χ4v) is 2.27. The van der Waals surface area contributed by atoms with Gasteiger partial charge in [-0.2, -0.15) is 13.2 Å². The molecule has 0 aromatic carbocycles. The monoisotopic (exact) mass is 266 g/mol. The largest absolute Gasteiger partial charge is 0.405 e. The molecule has 0 heterocycles. The summed E-state index contributed by atoms with van der Waals surface area (Å²) in [4.78, 5) is 11.2. The predicted molar refractivity (Wildman–Crippen MR) is 63.1 cm³/mol. The number of amides is 1. The Morgan fingerprint density at radius 1 is 1.22 bits per heavy atom. The van der Waals surface area contributed by atoms with Gasteiger partial charge in [-0.25, -0.2) is 0 Å². The molecule has 0 bridgehead atoms. The molecule has 6 heteroatoms. The highest BCUT2D eigenvalue weighted by molar-refractivity contribution is 5.78. The highest BCUT2D eigenvalue weighted by Crippen LogP contribution is 2.26. The minimum absolute atomic E-state index is 0.0302. The Bertz CT molecular complexity index is 261. The number of halogens is 3. The van der Waals surface area contributed by atoms with E-state index in [1.165, 1.54) is 6.42 Å². The lowest BCUT2D eigenvalue weighted by Crippen LogP contribution is -2.43. The summed E-state index contributed by atoms with van der Waals surface area (Å²) in [5.41, 5.74) is 0. The molecule has 0 atom stereocenters. The van der Waals surface area contributed by atoms with E-state index >= 15 is 0 Å². The molecule has 2 N–H and O–H groups in total. The maximum absolute atomic E-state index is 11.9. The fraction of sp³-hybridized carbons (Fsp3) is 0.917. The molecule has 106 valence electrons. The van der Waals surface area contributed by atoms with Crippen LogP contribution in [-0.2, 0) is 4.79 Å². The second-order valence-corrected chi connectivity index (χ2v) is 4.90. The molecule has 3 nitrogen and oxygen atoms in total. The third-order valence-corrected chi connectivity index (χ3v) is 3.46. The third-order valence-electron chi connectivity index (χ3n) is 3.46. The van der Waals surface area contributed by atoms with Crippen LogP contribution in [0.5, 0.6) is 0 Å². The van der Waals surface area contributed by atoms with E-state index in [9.17, 15) is 18.0 Å². The fourth-order valence-electron chi connectivity index (χ4n) is 2.27. The van der Waals surface area contributed by atoms with Gasteiger partial charge in [0, 0.05) is 6.04 Å². The summed E-state index contributed by atoms with van der Waals surface area (Å²) in [5.74, 6) is 0.173. The smallest absolute Gasteiger partial charge is 0.346 e. The molecule has 0 saturated heterocycles. The summed E-state index contributed by atoms with van der Waals surface area (Å²) in [6.45, 7) is 0.886. The Hall–Kier alpha value is -0.780. The first-order valence-corrected chi connectivity index (χ1v) is 6.47. The van der Waals surface area contributed by atoms with Gasteiger partial charge < -0.3 is 10.6 Å². The number of carbonyl (C=O) groups excluding carboxylic acids is 1. The topological polar surface area (TPSA) is 41.1 Å². The Balaban J connectivity index is 2.12. The predicted octanol–water partition coefficient (Wildman–Crippen LogP) is 2.22. The maximum atomic E-state index is 11.9. The molecule has 1 rings (SSSR count). The van der Waals surface area contributed by atoms with Crippen LogP contribution in [0.1, 0.15) is 39.0 Å². The first-order chi connectivity index (χ1) is 8.40. The molecule has 0 aromatic rings. The van der Waals surface area contributed by atoms with E-state index < -0.39 is 18.6 Å². The molecule has 1 aliphatic rings. The zero-order chi connectivity index (χ0) is 13.6.